The molecule has 0 aromatic heterocycles. The van der Waals surface area contributed by atoms with Gasteiger partial charge in [0.15, 0.2) is 0 Å². The third-order valence-corrected chi connectivity index (χ3v) is 2.97. The van der Waals surface area contributed by atoms with Crippen molar-refractivity contribution in [1.29, 1.82) is 0 Å². The minimum absolute atomic E-state index is 1.08. The second kappa shape index (κ2) is 3.49. The second-order valence-electron chi connectivity index (χ2n) is 4.03. The summed E-state index contributed by atoms with van der Waals surface area (Å²) in [5.41, 5.74) is 1.24. The zero-order chi connectivity index (χ0) is 11.0. The lowest BCUT2D eigenvalue weighted by Gasteiger charge is -1.94. The summed E-state index contributed by atoms with van der Waals surface area (Å²) >= 11 is 0. The van der Waals surface area contributed by atoms with Crippen LogP contribution in [0.4, 0.5) is 0 Å². The molecule has 0 amide bonds. The number of rotatable bonds is 0. The summed E-state index contributed by atoms with van der Waals surface area (Å²) in [5.74, 6) is 0. The van der Waals surface area contributed by atoms with Crippen molar-refractivity contribution in [2.45, 2.75) is 0 Å². The SMILES string of the molecule is C=c1cccc2c1=CC=c1ccccc1=C2. The number of hydrogen-bond acceptors (Lipinski definition) is 0. The Bertz CT molecular complexity index is 764. The van der Waals surface area contributed by atoms with Gasteiger partial charge in [-0.15, -0.1) is 0 Å². The summed E-state index contributed by atoms with van der Waals surface area (Å²) in [6, 6.07) is 14.7. The third-order valence-electron chi connectivity index (χ3n) is 2.97. The van der Waals surface area contributed by atoms with Crippen molar-refractivity contribution >= 4 is 24.8 Å². The number of hydrogen-bond donors (Lipinski definition) is 0. The van der Waals surface area contributed by atoms with Gasteiger partial charge >= 0.3 is 0 Å². The van der Waals surface area contributed by atoms with E-state index in [1.54, 1.807) is 0 Å². The lowest BCUT2D eigenvalue weighted by molar-refractivity contribution is 1.48. The lowest BCUT2D eigenvalue weighted by Crippen LogP contribution is -2.25. The van der Waals surface area contributed by atoms with Crippen molar-refractivity contribution in [2.24, 2.45) is 0 Å². The van der Waals surface area contributed by atoms with Crippen LogP contribution in [-0.4, -0.2) is 0 Å². The van der Waals surface area contributed by atoms with Crippen LogP contribution >= 0.6 is 0 Å². The quantitative estimate of drug-likeness (QED) is 0.586. The predicted octanol–water partition coefficient (Wildman–Crippen LogP) is 0.500. The van der Waals surface area contributed by atoms with Crippen LogP contribution in [0, 0.1) is 0 Å². The van der Waals surface area contributed by atoms with Crippen molar-refractivity contribution in [3.05, 3.63) is 68.9 Å². The van der Waals surface area contributed by atoms with E-state index < -0.39 is 0 Å². The Morgan fingerprint density at radius 2 is 1.56 bits per heavy atom. The highest BCUT2D eigenvalue weighted by Gasteiger charge is 1.95. The van der Waals surface area contributed by atoms with Gasteiger partial charge in [0, 0.05) is 0 Å². The highest BCUT2D eigenvalue weighted by molar-refractivity contribution is 5.68. The van der Waals surface area contributed by atoms with Gasteiger partial charge in [0.25, 0.3) is 0 Å². The summed E-state index contributed by atoms with van der Waals surface area (Å²) in [7, 11) is 0. The molecule has 2 aromatic rings. The van der Waals surface area contributed by atoms with Gasteiger partial charge in [0.2, 0.25) is 0 Å². The van der Waals surface area contributed by atoms with E-state index in [0.29, 0.717) is 0 Å². The van der Waals surface area contributed by atoms with Crippen LogP contribution in [0.15, 0.2) is 42.5 Å². The van der Waals surface area contributed by atoms with Gasteiger partial charge in [-0.1, -0.05) is 61.2 Å². The van der Waals surface area contributed by atoms with Gasteiger partial charge in [-0.05, 0) is 32.5 Å². The number of fused-ring (bicyclic) bond motifs is 2. The smallest absolute Gasteiger partial charge is 0.0117 e. The van der Waals surface area contributed by atoms with Gasteiger partial charge in [-0.2, -0.15) is 0 Å². The van der Waals surface area contributed by atoms with E-state index in [2.05, 4.69) is 61.2 Å². The summed E-state index contributed by atoms with van der Waals surface area (Å²) < 4.78 is 0. The minimum atomic E-state index is 1.08. The molecule has 0 heteroatoms. The van der Waals surface area contributed by atoms with Gasteiger partial charge < -0.3 is 0 Å². The Labute approximate surface area is 94.2 Å². The van der Waals surface area contributed by atoms with Crippen molar-refractivity contribution in [3.63, 3.8) is 0 Å². The van der Waals surface area contributed by atoms with Gasteiger partial charge in [-0.3, -0.25) is 0 Å². The first-order valence-corrected chi connectivity index (χ1v) is 5.41. The Balaban J connectivity index is 2.53. The molecule has 0 fully saturated rings. The van der Waals surface area contributed by atoms with E-state index in [0.717, 1.165) is 5.22 Å². The highest BCUT2D eigenvalue weighted by atomic mass is 14.0. The van der Waals surface area contributed by atoms with Crippen LogP contribution in [0.5, 0.6) is 0 Å². The van der Waals surface area contributed by atoms with Crippen molar-refractivity contribution < 1.29 is 0 Å². The molecule has 0 radical (unpaired) electrons. The Kier molecular flexibility index (Phi) is 2.00. The molecule has 1 aliphatic rings. The molecule has 0 bridgehead atoms. The van der Waals surface area contributed by atoms with Crippen LogP contribution in [0.2, 0.25) is 0 Å². The molecule has 0 saturated carbocycles. The first-order valence-electron chi connectivity index (χ1n) is 5.41. The normalized spacial score (nSPS) is 12.2. The molecule has 16 heavy (non-hydrogen) atoms. The zero-order valence-electron chi connectivity index (χ0n) is 8.98. The van der Waals surface area contributed by atoms with Crippen molar-refractivity contribution in [3.8, 4) is 0 Å². The maximum absolute atomic E-state index is 4.07. The number of benzene rings is 2. The third kappa shape index (κ3) is 1.40. The van der Waals surface area contributed by atoms with Gasteiger partial charge in [0.1, 0.15) is 0 Å². The molecule has 0 aliphatic heterocycles. The maximum Gasteiger partial charge on any atom is -0.0117 e. The fourth-order valence-electron chi connectivity index (χ4n) is 2.10. The lowest BCUT2D eigenvalue weighted by atomic mass is 10.1. The second-order valence-corrected chi connectivity index (χ2v) is 4.03. The van der Waals surface area contributed by atoms with E-state index in [1.165, 1.54) is 21.2 Å². The fourth-order valence-corrected chi connectivity index (χ4v) is 2.10. The Morgan fingerprint density at radius 1 is 0.750 bits per heavy atom. The molecular weight excluding hydrogens is 192 g/mol. The molecule has 0 saturated heterocycles. The maximum atomic E-state index is 4.07. The van der Waals surface area contributed by atoms with Crippen LogP contribution in [-0.2, 0) is 0 Å². The Morgan fingerprint density at radius 3 is 2.44 bits per heavy atom. The highest BCUT2D eigenvalue weighted by Crippen LogP contribution is 1.91. The van der Waals surface area contributed by atoms with Crippen LogP contribution in [0.1, 0.15) is 5.56 Å². The molecular formula is C16H12. The van der Waals surface area contributed by atoms with Crippen LogP contribution in [0.3, 0.4) is 0 Å². The monoisotopic (exact) mass is 204 g/mol. The summed E-state index contributed by atoms with van der Waals surface area (Å²) in [5, 5.41) is 4.83. The molecule has 3 rings (SSSR count). The van der Waals surface area contributed by atoms with E-state index >= 15 is 0 Å². The molecule has 2 aromatic carbocycles. The molecule has 0 unspecified atom stereocenters. The topological polar surface area (TPSA) is 0 Å². The molecule has 0 N–H and O–H groups in total. The standard InChI is InChI=1S/C16H12/c1-12-5-4-8-15-11-14-7-3-2-6-13(14)9-10-16(12)15/h2-11H,1H2. The zero-order valence-corrected chi connectivity index (χ0v) is 8.98. The summed E-state index contributed by atoms with van der Waals surface area (Å²) in [6.45, 7) is 4.07. The molecule has 0 spiro atoms. The molecule has 1 aliphatic carbocycles. The summed E-state index contributed by atoms with van der Waals surface area (Å²) in [6.07, 6.45) is 6.53. The first-order chi connectivity index (χ1) is 7.84. The van der Waals surface area contributed by atoms with E-state index in [9.17, 15) is 0 Å². The molecule has 0 nitrogen and oxygen atoms in total. The predicted molar refractivity (Wildman–Crippen MR) is 69.4 cm³/mol. The molecule has 0 heterocycles. The van der Waals surface area contributed by atoms with E-state index in [1.807, 2.05) is 6.07 Å². The molecule has 76 valence electrons. The average molecular weight is 204 g/mol. The van der Waals surface area contributed by atoms with E-state index in [4.69, 9.17) is 0 Å². The minimum Gasteiger partial charge on any atom is -0.0911 e. The van der Waals surface area contributed by atoms with Crippen LogP contribution in [0.25, 0.3) is 24.8 Å². The Hall–Kier alpha value is -2.08. The van der Waals surface area contributed by atoms with Crippen molar-refractivity contribution in [2.75, 3.05) is 0 Å². The fraction of sp³-hybridized carbons (Fsp3) is 0. The molecule has 0 atom stereocenters. The average Bonchev–Trinajstić information content (AvgIpc) is 2.48. The van der Waals surface area contributed by atoms with Gasteiger partial charge in [0.05, 0.1) is 0 Å². The van der Waals surface area contributed by atoms with Gasteiger partial charge in [-0.25, -0.2) is 0 Å². The first kappa shape index (κ1) is 9.17. The summed E-state index contributed by atoms with van der Waals surface area (Å²) in [4.78, 5) is 0. The largest absolute Gasteiger partial charge is 0.0911 e. The van der Waals surface area contributed by atoms with E-state index in [-0.39, 0.29) is 0 Å². The van der Waals surface area contributed by atoms with Crippen LogP contribution < -0.4 is 20.9 Å². The van der Waals surface area contributed by atoms with Crippen molar-refractivity contribution in [1.82, 2.24) is 0 Å².